The van der Waals surface area contributed by atoms with Gasteiger partial charge in [-0.3, -0.25) is 4.98 Å². The first kappa shape index (κ1) is 39.6. The van der Waals surface area contributed by atoms with Crippen LogP contribution >= 0.6 is 10.5 Å². The van der Waals surface area contributed by atoms with Crippen LogP contribution in [-0.4, -0.2) is 20.6 Å². The summed E-state index contributed by atoms with van der Waals surface area (Å²) in [5.74, 6) is 0.885. The third kappa shape index (κ3) is 6.39. The van der Waals surface area contributed by atoms with Gasteiger partial charge >= 0.3 is 0 Å². The molecule has 2 aromatic heterocycles. The van der Waals surface area contributed by atoms with Crippen molar-refractivity contribution in [2.24, 2.45) is 0 Å². The van der Waals surface area contributed by atoms with Crippen LogP contribution in [0, 0.1) is 0 Å². The summed E-state index contributed by atoms with van der Waals surface area (Å²) in [6.45, 7) is 0. The van der Waals surface area contributed by atoms with Crippen LogP contribution in [0.5, 0.6) is 0 Å². The van der Waals surface area contributed by atoms with Crippen LogP contribution < -0.4 is 0 Å². The average molecular weight is 895 g/mol. The van der Waals surface area contributed by atoms with Crippen molar-refractivity contribution in [3.8, 4) is 22.4 Å². The third-order valence-corrected chi connectivity index (χ3v) is 16.7. The summed E-state index contributed by atoms with van der Waals surface area (Å²) in [6, 6.07) is 87.5. The number of benzene rings is 11. The zero-order valence-electron chi connectivity index (χ0n) is 37.6. The molecule has 1 atom stereocenters. The largest absolute Gasteiger partial charge is 0.254 e. The molecule has 322 valence electrons. The van der Waals surface area contributed by atoms with E-state index in [1.54, 1.807) is 0 Å². The van der Waals surface area contributed by atoms with Gasteiger partial charge in [0.1, 0.15) is 0 Å². The molecule has 0 amide bonds. The smallest absolute Gasteiger partial charge is 0.0972 e. The van der Waals surface area contributed by atoms with Crippen molar-refractivity contribution in [1.29, 1.82) is 0 Å². The van der Waals surface area contributed by atoms with Gasteiger partial charge in [-0.25, -0.2) is 4.98 Å². The van der Waals surface area contributed by atoms with E-state index in [0.717, 1.165) is 38.8 Å². The van der Waals surface area contributed by atoms with Gasteiger partial charge in [-0.2, -0.15) is 0 Å². The Morgan fingerprint density at radius 3 is 1.45 bits per heavy atom. The fraction of sp³-hybridized carbons (Fsp3) is 0.0152. The van der Waals surface area contributed by atoms with E-state index < -0.39 is 0 Å². The molecule has 1 aliphatic heterocycles. The van der Waals surface area contributed by atoms with E-state index in [4.69, 9.17) is 9.97 Å². The summed E-state index contributed by atoms with van der Waals surface area (Å²) >= 11 is 0. The second-order valence-electron chi connectivity index (χ2n) is 18.1. The molecule has 0 aliphatic carbocycles. The van der Waals surface area contributed by atoms with Crippen LogP contribution in [0.15, 0.2) is 248 Å². The summed E-state index contributed by atoms with van der Waals surface area (Å²) < 4.78 is 0. The highest BCUT2D eigenvalue weighted by Crippen LogP contribution is 2.53. The highest BCUT2D eigenvalue weighted by molar-refractivity contribution is 8.18. The maximum absolute atomic E-state index is 5.30. The Kier molecular flexibility index (Phi) is 9.24. The number of rotatable bonds is 6. The number of hydrogen-bond acceptors (Lipinski definition) is 2. The van der Waals surface area contributed by atoms with Crippen LogP contribution in [0.3, 0.4) is 0 Å². The minimum atomic E-state index is -0.322. The molecule has 0 bridgehead atoms. The number of aromatic nitrogens is 2. The van der Waals surface area contributed by atoms with Crippen LogP contribution in [0.2, 0.25) is 0 Å². The van der Waals surface area contributed by atoms with Crippen molar-refractivity contribution >= 4 is 102 Å². The Bertz CT molecular complexity index is 4330. The van der Waals surface area contributed by atoms with Gasteiger partial charge in [0, 0.05) is 43.6 Å². The molecule has 1 unspecified atom stereocenters. The Hall–Kier alpha value is -8.50. The van der Waals surface area contributed by atoms with Crippen LogP contribution in [0.25, 0.3) is 109 Å². The standard InChI is InChI=1S/C66H42N2S/c1-4-22-47-42(15-1)18-11-29-58(47)63-60(41-69(62-31-13-20-44-17-3-6-24-49(44)62)66(63)59-30-12-19-43-16-2-5-23-48(43)59)56-36-35-54(50-25-7-8-26-51(50)56)55-37-38-57(53-28-10-9-27-52(53)55)61-39-34-46-33-32-45-21-14-40-67-64(45)65(46)68-61/h1-40H,41H2. The molecule has 0 radical (unpaired) electrons. The maximum Gasteiger partial charge on any atom is 0.0972 e. The first-order chi connectivity index (χ1) is 34.2. The SMILES string of the molecule is c1ccc2c(C3=C(c4ccc(-c5ccc(-c6ccc7ccc8cccnc8c7n6)c6ccccc56)c5ccccc45)CS(c4cccc5ccccc45)=C3c3cccc4ccccc34)cccc2c1. The van der Waals surface area contributed by atoms with E-state index in [1.165, 1.54) is 103 Å². The van der Waals surface area contributed by atoms with E-state index in [-0.39, 0.29) is 10.5 Å². The lowest BCUT2D eigenvalue weighted by molar-refractivity contribution is 1.37. The first-order valence-electron chi connectivity index (χ1n) is 23.7. The molecular formula is C66H42N2S. The lowest BCUT2D eigenvalue weighted by Crippen LogP contribution is -2.05. The molecule has 14 rings (SSSR count). The fourth-order valence-electron chi connectivity index (χ4n) is 11.2. The Balaban J connectivity index is 1.02. The molecule has 0 saturated heterocycles. The summed E-state index contributed by atoms with van der Waals surface area (Å²) in [4.78, 5) is 12.9. The second kappa shape index (κ2) is 16.1. The van der Waals surface area contributed by atoms with Crippen molar-refractivity contribution in [3.05, 3.63) is 259 Å². The zero-order chi connectivity index (χ0) is 45.4. The Morgan fingerprint density at radius 1 is 0.304 bits per heavy atom. The molecule has 11 aromatic carbocycles. The molecule has 69 heavy (non-hydrogen) atoms. The van der Waals surface area contributed by atoms with E-state index in [9.17, 15) is 0 Å². The zero-order valence-corrected chi connectivity index (χ0v) is 38.4. The molecule has 3 heteroatoms. The minimum Gasteiger partial charge on any atom is -0.254 e. The molecule has 0 fully saturated rings. The van der Waals surface area contributed by atoms with E-state index in [1.807, 2.05) is 12.3 Å². The van der Waals surface area contributed by atoms with Gasteiger partial charge in [0.25, 0.3) is 0 Å². The van der Waals surface area contributed by atoms with Crippen molar-refractivity contribution in [2.75, 3.05) is 5.75 Å². The quantitative estimate of drug-likeness (QED) is 0.123. The van der Waals surface area contributed by atoms with Crippen LogP contribution in [0.4, 0.5) is 0 Å². The van der Waals surface area contributed by atoms with Crippen molar-refractivity contribution in [2.45, 2.75) is 4.90 Å². The normalized spacial score (nSPS) is 14.1. The molecule has 0 N–H and O–H groups in total. The molecule has 0 saturated carbocycles. The summed E-state index contributed by atoms with van der Waals surface area (Å²) in [5, 5.41) is 14.7. The highest BCUT2D eigenvalue weighted by atomic mass is 32.2. The molecule has 13 aromatic rings. The first-order valence-corrected chi connectivity index (χ1v) is 25.1. The van der Waals surface area contributed by atoms with Crippen molar-refractivity contribution < 1.29 is 0 Å². The Labute approximate surface area is 402 Å². The van der Waals surface area contributed by atoms with E-state index in [0.29, 0.717) is 0 Å². The summed E-state index contributed by atoms with van der Waals surface area (Å²) in [7, 11) is -0.322. The number of nitrogens with zero attached hydrogens (tertiary/aromatic N) is 2. The van der Waals surface area contributed by atoms with Gasteiger partial charge < -0.3 is 0 Å². The van der Waals surface area contributed by atoms with Gasteiger partial charge in [0.05, 0.1) is 16.7 Å². The number of allylic oxidation sites excluding steroid dienone is 1. The predicted molar refractivity (Wildman–Crippen MR) is 296 cm³/mol. The maximum atomic E-state index is 5.30. The summed E-state index contributed by atoms with van der Waals surface area (Å²) in [5.41, 5.74) is 12.9. The number of fused-ring (bicyclic) bond motifs is 8. The van der Waals surface area contributed by atoms with Crippen molar-refractivity contribution in [3.63, 3.8) is 0 Å². The van der Waals surface area contributed by atoms with Gasteiger partial charge in [-0.15, -0.1) is 10.5 Å². The van der Waals surface area contributed by atoms with Crippen molar-refractivity contribution in [1.82, 2.24) is 9.97 Å². The monoisotopic (exact) mass is 894 g/mol. The number of hydrogen-bond donors (Lipinski definition) is 0. The van der Waals surface area contributed by atoms with E-state index >= 15 is 0 Å². The molecule has 0 spiro atoms. The van der Waals surface area contributed by atoms with Crippen LogP contribution in [-0.2, 0) is 0 Å². The lowest BCUT2D eigenvalue weighted by Gasteiger charge is -2.19. The molecular weight excluding hydrogens is 853 g/mol. The molecule has 2 nitrogen and oxygen atoms in total. The summed E-state index contributed by atoms with van der Waals surface area (Å²) in [6.07, 6.45) is 1.86. The van der Waals surface area contributed by atoms with Crippen LogP contribution in [0.1, 0.15) is 16.7 Å². The van der Waals surface area contributed by atoms with Gasteiger partial charge in [0.15, 0.2) is 0 Å². The third-order valence-electron chi connectivity index (χ3n) is 14.3. The predicted octanol–water partition coefficient (Wildman–Crippen LogP) is 17.4. The fourth-order valence-corrected chi connectivity index (χ4v) is 13.9. The highest BCUT2D eigenvalue weighted by Gasteiger charge is 2.31. The topological polar surface area (TPSA) is 25.8 Å². The van der Waals surface area contributed by atoms with Gasteiger partial charge in [0.2, 0.25) is 0 Å². The van der Waals surface area contributed by atoms with E-state index in [2.05, 4.69) is 231 Å². The lowest BCUT2D eigenvalue weighted by atomic mass is 9.84. The minimum absolute atomic E-state index is 0.322. The van der Waals surface area contributed by atoms with Gasteiger partial charge in [-0.05, 0) is 105 Å². The van der Waals surface area contributed by atoms with Gasteiger partial charge in [-0.1, -0.05) is 218 Å². The Morgan fingerprint density at radius 2 is 0.768 bits per heavy atom. The second-order valence-corrected chi connectivity index (χ2v) is 20.0. The molecule has 3 heterocycles. The molecule has 1 aliphatic rings. The number of pyridine rings is 2. The average Bonchev–Trinajstić information content (AvgIpc) is 3.81.